The third-order valence-electron chi connectivity index (χ3n) is 4.10. The smallest absolute Gasteiger partial charge is 0.102 e. The van der Waals surface area contributed by atoms with Crippen LogP contribution >= 0.6 is 0 Å². The van der Waals surface area contributed by atoms with Crippen molar-refractivity contribution >= 4 is 10.9 Å². The first-order valence-electron chi connectivity index (χ1n) is 7.22. The van der Waals surface area contributed by atoms with E-state index >= 15 is 0 Å². The molecule has 0 saturated carbocycles. The van der Waals surface area contributed by atoms with Gasteiger partial charge in [0.2, 0.25) is 0 Å². The molecular weight excluding hydrogens is 260 g/mol. The van der Waals surface area contributed by atoms with Crippen LogP contribution in [0.1, 0.15) is 28.5 Å². The zero-order valence-corrected chi connectivity index (χ0v) is 12.7. The third kappa shape index (κ3) is 2.57. The molecule has 0 aliphatic carbocycles. The number of benzene rings is 2. The number of aromatic nitrogens is 2. The minimum atomic E-state index is -0.585. The molecule has 0 spiro atoms. The molecule has 0 saturated heterocycles. The Kier molecular flexibility index (Phi) is 3.52. The van der Waals surface area contributed by atoms with Crippen LogP contribution in [0.3, 0.4) is 0 Å². The number of hydrogen-bond acceptors (Lipinski definition) is 2. The van der Waals surface area contributed by atoms with Gasteiger partial charge in [-0.3, -0.25) is 4.68 Å². The second kappa shape index (κ2) is 5.34. The minimum Gasteiger partial charge on any atom is -0.386 e. The maximum Gasteiger partial charge on any atom is 0.102 e. The summed E-state index contributed by atoms with van der Waals surface area (Å²) in [6.07, 6.45) is 0.000450. The Hall–Kier alpha value is -2.13. The van der Waals surface area contributed by atoms with E-state index in [0.717, 1.165) is 22.2 Å². The van der Waals surface area contributed by atoms with Gasteiger partial charge in [0.25, 0.3) is 0 Å². The number of aliphatic hydroxyl groups excluding tert-OH is 1. The number of fused-ring (bicyclic) bond motifs is 1. The SMILES string of the molecule is Cc1ccc(CC(O)c2nn(C)c3ccccc23)cc1C. The highest BCUT2D eigenvalue weighted by Gasteiger charge is 2.17. The summed E-state index contributed by atoms with van der Waals surface area (Å²) in [6.45, 7) is 4.20. The first kappa shape index (κ1) is 13.8. The summed E-state index contributed by atoms with van der Waals surface area (Å²) in [5.74, 6) is 0. The minimum absolute atomic E-state index is 0.585. The molecule has 1 atom stereocenters. The monoisotopic (exact) mass is 280 g/mol. The van der Waals surface area contributed by atoms with Gasteiger partial charge in [-0.05, 0) is 36.6 Å². The molecule has 0 aliphatic heterocycles. The van der Waals surface area contributed by atoms with Gasteiger partial charge >= 0.3 is 0 Å². The van der Waals surface area contributed by atoms with Crippen LogP contribution in [0.2, 0.25) is 0 Å². The van der Waals surface area contributed by atoms with E-state index in [-0.39, 0.29) is 0 Å². The van der Waals surface area contributed by atoms with Crippen LogP contribution in [-0.4, -0.2) is 14.9 Å². The Balaban J connectivity index is 1.93. The van der Waals surface area contributed by atoms with E-state index in [2.05, 4.69) is 37.1 Å². The Morgan fingerprint density at radius 2 is 1.86 bits per heavy atom. The molecule has 0 fully saturated rings. The van der Waals surface area contributed by atoms with E-state index in [1.165, 1.54) is 11.1 Å². The van der Waals surface area contributed by atoms with Crippen molar-refractivity contribution in [3.8, 4) is 0 Å². The summed E-state index contributed by atoms with van der Waals surface area (Å²) < 4.78 is 1.83. The van der Waals surface area contributed by atoms with E-state index in [9.17, 15) is 5.11 Å². The summed E-state index contributed by atoms with van der Waals surface area (Å²) in [6, 6.07) is 14.3. The zero-order chi connectivity index (χ0) is 15.0. The Bertz CT molecular complexity index is 789. The molecule has 3 rings (SSSR count). The van der Waals surface area contributed by atoms with Crippen molar-refractivity contribution in [1.82, 2.24) is 9.78 Å². The predicted molar refractivity (Wildman–Crippen MR) is 85.3 cm³/mol. The van der Waals surface area contributed by atoms with Gasteiger partial charge in [0.15, 0.2) is 0 Å². The van der Waals surface area contributed by atoms with Crippen LogP contribution in [0, 0.1) is 13.8 Å². The maximum absolute atomic E-state index is 10.6. The highest BCUT2D eigenvalue weighted by molar-refractivity contribution is 5.82. The van der Waals surface area contributed by atoms with Gasteiger partial charge < -0.3 is 5.11 Å². The van der Waals surface area contributed by atoms with Crippen molar-refractivity contribution in [2.75, 3.05) is 0 Å². The molecule has 2 aromatic carbocycles. The molecule has 0 bridgehead atoms. The lowest BCUT2D eigenvalue weighted by Gasteiger charge is -2.10. The second-order valence-electron chi connectivity index (χ2n) is 5.66. The van der Waals surface area contributed by atoms with E-state index in [1.807, 2.05) is 36.0 Å². The fourth-order valence-corrected chi connectivity index (χ4v) is 2.74. The number of rotatable bonds is 3. The molecular formula is C18H20N2O. The summed E-state index contributed by atoms with van der Waals surface area (Å²) in [5.41, 5.74) is 5.47. The van der Waals surface area contributed by atoms with Crippen LogP contribution in [0.25, 0.3) is 10.9 Å². The first-order chi connectivity index (χ1) is 10.1. The van der Waals surface area contributed by atoms with Crippen LogP contribution in [0.15, 0.2) is 42.5 Å². The number of nitrogens with zero attached hydrogens (tertiary/aromatic N) is 2. The molecule has 0 amide bonds. The third-order valence-corrected chi connectivity index (χ3v) is 4.10. The molecule has 1 heterocycles. The van der Waals surface area contributed by atoms with Gasteiger partial charge in [-0.2, -0.15) is 5.10 Å². The Morgan fingerprint density at radius 1 is 1.10 bits per heavy atom. The average molecular weight is 280 g/mol. The maximum atomic E-state index is 10.6. The highest BCUT2D eigenvalue weighted by atomic mass is 16.3. The zero-order valence-electron chi connectivity index (χ0n) is 12.7. The second-order valence-corrected chi connectivity index (χ2v) is 5.66. The molecule has 3 nitrogen and oxygen atoms in total. The van der Waals surface area contributed by atoms with E-state index < -0.39 is 6.10 Å². The average Bonchev–Trinajstić information content (AvgIpc) is 2.81. The van der Waals surface area contributed by atoms with Gasteiger partial charge in [-0.15, -0.1) is 0 Å². The van der Waals surface area contributed by atoms with E-state index in [4.69, 9.17) is 0 Å². The Labute approximate surface area is 124 Å². The molecule has 3 aromatic rings. The lowest BCUT2D eigenvalue weighted by atomic mass is 10.00. The summed E-state index contributed by atoms with van der Waals surface area (Å²) >= 11 is 0. The topological polar surface area (TPSA) is 38.1 Å². The lowest BCUT2D eigenvalue weighted by molar-refractivity contribution is 0.174. The molecule has 1 N–H and O–H groups in total. The van der Waals surface area contributed by atoms with Crippen molar-refractivity contribution in [2.45, 2.75) is 26.4 Å². The largest absolute Gasteiger partial charge is 0.386 e. The standard InChI is InChI=1S/C18H20N2O/c1-12-8-9-14(10-13(12)2)11-17(21)18-15-6-4-5-7-16(15)20(3)19-18/h4-10,17,21H,11H2,1-3H3. The van der Waals surface area contributed by atoms with Crippen molar-refractivity contribution in [3.05, 3.63) is 64.8 Å². The quantitative estimate of drug-likeness (QED) is 0.797. The van der Waals surface area contributed by atoms with Crippen molar-refractivity contribution < 1.29 is 5.11 Å². The van der Waals surface area contributed by atoms with Crippen molar-refractivity contribution in [1.29, 1.82) is 0 Å². The predicted octanol–water partition coefficient (Wildman–Crippen LogP) is 3.47. The number of para-hydroxylation sites is 1. The summed E-state index contributed by atoms with van der Waals surface area (Å²) in [5, 5.41) is 16.1. The van der Waals surface area contributed by atoms with Crippen LogP contribution in [0.5, 0.6) is 0 Å². The number of aryl methyl sites for hydroxylation is 3. The summed E-state index contributed by atoms with van der Waals surface area (Å²) in [4.78, 5) is 0. The summed E-state index contributed by atoms with van der Waals surface area (Å²) in [7, 11) is 1.91. The Morgan fingerprint density at radius 3 is 2.62 bits per heavy atom. The lowest BCUT2D eigenvalue weighted by Crippen LogP contribution is -2.04. The molecule has 0 radical (unpaired) electrons. The molecule has 1 aromatic heterocycles. The molecule has 3 heteroatoms. The van der Waals surface area contributed by atoms with Gasteiger partial charge in [0, 0.05) is 18.9 Å². The normalized spacial score (nSPS) is 12.8. The van der Waals surface area contributed by atoms with Gasteiger partial charge in [-0.1, -0.05) is 36.4 Å². The van der Waals surface area contributed by atoms with Crippen LogP contribution < -0.4 is 0 Å². The molecule has 1 unspecified atom stereocenters. The molecule has 108 valence electrons. The van der Waals surface area contributed by atoms with Crippen molar-refractivity contribution in [2.24, 2.45) is 7.05 Å². The molecule has 21 heavy (non-hydrogen) atoms. The van der Waals surface area contributed by atoms with E-state index in [1.54, 1.807) is 0 Å². The number of hydrogen-bond donors (Lipinski definition) is 1. The number of aliphatic hydroxyl groups is 1. The molecule has 0 aliphatic rings. The fraction of sp³-hybridized carbons (Fsp3) is 0.278. The van der Waals surface area contributed by atoms with Gasteiger partial charge in [0.1, 0.15) is 6.10 Å². The van der Waals surface area contributed by atoms with Crippen LogP contribution in [-0.2, 0) is 13.5 Å². The van der Waals surface area contributed by atoms with Gasteiger partial charge in [0.05, 0.1) is 11.2 Å². The van der Waals surface area contributed by atoms with Crippen molar-refractivity contribution in [3.63, 3.8) is 0 Å². The van der Waals surface area contributed by atoms with Crippen LogP contribution in [0.4, 0.5) is 0 Å². The first-order valence-corrected chi connectivity index (χ1v) is 7.22. The highest BCUT2D eigenvalue weighted by Crippen LogP contribution is 2.26. The van der Waals surface area contributed by atoms with E-state index in [0.29, 0.717) is 6.42 Å². The fourth-order valence-electron chi connectivity index (χ4n) is 2.74. The van der Waals surface area contributed by atoms with Gasteiger partial charge in [-0.25, -0.2) is 0 Å².